The van der Waals surface area contributed by atoms with E-state index in [9.17, 15) is 9.59 Å². The summed E-state index contributed by atoms with van der Waals surface area (Å²) in [7, 11) is 0. The molecule has 1 radical (unpaired) electrons. The SMILES string of the molecule is C=C(C(=O)N1CCN(C(C)=O)CC1)c1cc[c]c(Cl)c1. The summed E-state index contributed by atoms with van der Waals surface area (Å²) in [5.74, 6) is -0.0724. The molecule has 0 bridgehead atoms. The number of carbonyl (C=O) groups is 2. The molecule has 1 heterocycles. The van der Waals surface area contributed by atoms with E-state index in [1.807, 2.05) is 0 Å². The summed E-state index contributed by atoms with van der Waals surface area (Å²) in [4.78, 5) is 27.1. The molecule has 1 aliphatic heterocycles. The van der Waals surface area contributed by atoms with Gasteiger partial charge in [-0.05, 0) is 11.6 Å². The molecular formula is C15H16ClN2O2. The zero-order valence-corrected chi connectivity index (χ0v) is 12.1. The lowest BCUT2D eigenvalue weighted by Gasteiger charge is -2.34. The second-order valence-corrected chi connectivity index (χ2v) is 5.11. The number of piperazine rings is 1. The molecule has 0 aromatic heterocycles. The van der Waals surface area contributed by atoms with Gasteiger partial charge in [-0.25, -0.2) is 0 Å². The van der Waals surface area contributed by atoms with E-state index in [-0.39, 0.29) is 11.8 Å². The number of halogens is 1. The standard InChI is InChI=1S/C15H16ClN2O2/c1-11(13-4-3-5-14(16)10-13)15(20)18-8-6-17(7-9-18)12(2)19/h3-4,10H,1,6-9H2,2H3. The monoisotopic (exact) mass is 291 g/mol. The molecule has 1 aromatic carbocycles. The first kappa shape index (κ1) is 14.6. The third kappa shape index (κ3) is 3.20. The minimum atomic E-state index is -0.115. The Kier molecular flexibility index (Phi) is 4.45. The van der Waals surface area contributed by atoms with Crippen molar-refractivity contribution in [2.45, 2.75) is 6.92 Å². The van der Waals surface area contributed by atoms with Gasteiger partial charge in [0, 0.05) is 49.8 Å². The van der Waals surface area contributed by atoms with Crippen molar-refractivity contribution in [1.29, 1.82) is 0 Å². The normalized spacial score (nSPS) is 15.1. The summed E-state index contributed by atoms with van der Waals surface area (Å²) in [6.45, 7) is 7.59. The van der Waals surface area contributed by atoms with Gasteiger partial charge < -0.3 is 9.80 Å². The molecule has 1 fully saturated rings. The molecule has 0 N–H and O–H groups in total. The summed E-state index contributed by atoms with van der Waals surface area (Å²) < 4.78 is 0. The van der Waals surface area contributed by atoms with Crippen molar-refractivity contribution in [2.75, 3.05) is 26.2 Å². The van der Waals surface area contributed by atoms with Gasteiger partial charge in [0.15, 0.2) is 0 Å². The lowest BCUT2D eigenvalue weighted by atomic mass is 10.1. The molecule has 5 heteroatoms. The van der Waals surface area contributed by atoms with E-state index in [1.165, 1.54) is 0 Å². The fourth-order valence-corrected chi connectivity index (χ4v) is 2.34. The van der Waals surface area contributed by atoms with Crippen LogP contribution in [0.2, 0.25) is 5.02 Å². The molecule has 2 amide bonds. The molecule has 0 atom stereocenters. The van der Waals surface area contributed by atoms with Crippen LogP contribution in [0.25, 0.3) is 5.57 Å². The van der Waals surface area contributed by atoms with Crippen LogP contribution in [0.5, 0.6) is 0 Å². The Morgan fingerprint density at radius 1 is 1.25 bits per heavy atom. The smallest absolute Gasteiger partial charge is 0.253 e. The van der Waals surface area contributed by atoms with E-state index in [1.54, 1.807) is 34.9 Å². The Hall–Kier alpha value is -1.81. The highest BCUT2D eigenvalue weighted by molar-refractivity contribution is 6.31. The van der Waals surface area contributed by atoms with Gasteiger partial charge in [0.25, 0.3) is 5.91 Å². The number of amides is 2. The van der Waals surface area contributed by atoms with Crippen LogP contribution in [0.4, 0.5) is 0 Å². The molecule has 1 saturated heterocycles. The molecule has 20 heavy (non-hydrogen) atoms. The number of hydrogen-bond acceptors (Lipinski definition) is 2. The van der Waals surface area contributed by atoms with Crippen LogP contribution >= 0.6 is 11.6 Å². The molecule has 105 valence electrons. The molecule has 1 aliphatic rings. The van der Waals surface area contributed by atoms with Crippen LogP contribution in [0.3, 0.4) is 0 Å². The summed E-state index contributed by atoms with van der Waals surface area (Å²) in [6.07, 6.45) is 0. The van der Waals surface area contributed by atoms with E-state index < -0.39 is 0 Å². The molecular weight excluding hydrogens is 276 g/mol. The highest BCUT2D eigenvalue weighted by Crippen LogP contribution is 2.19. The van der Waals surface area contributed by atoms with Crippen molar-refractivity contribution in [3.63, 3.8) is 0 Å². The average molecular weight is 292 g/mol. The quantitative estimate of drug-likeness (QED) is 0.780. The van der Waals surface area contributed by atoms with Gasteiger partial charge in [0.2, 0.25) is 5.91 Å². The molecule has 0 unspecified atom stereocenters. The molecule has 4 nitrogen and oxygen atoms in total. The predicted octanol–water partition coefficient (Wildman–Crippen LogP) is 1.84. The maximum absolute atomic E-state index is 12.4. The highest BCUT2D eigenvalue weighted by Gasteiger charge is 2.24. The van der Waals surface area contributed by atoms with Gasteiger partial charge in [-0.1, -0.05) is 30.3 Å². The van der Waals surface area contributed by atoms with Crippen LogP contribution in [0.15, 0.2) is 24.8 Å². The van der Waals surface area contributed by atoms with Crippen molar-refractivity contribution in [3.05, 3.63) is 41.4 Å². The predicted molar refractivity (Wildman–Crippen MR) is 78.2 cm³/mol. The first-order chi connectivity index (χ1) is 9.49. The fraction of sp³-hybridized carbons (Fsp3) is 0.333. The largest absolute Gasteiger partial charge is 0.339 e. The van der Waals surface area contributed by atoms with Crippen molar-refractivity contribution < 1.29 is 9.59 Å². The van der Waals surface area contributed by atoms with E-state index in [0.717, 1.165) is 0 Å². The molecule has 1 aromatic rings. The van der Waals surface area contributed by atoms with Gasteiger partial charge in [-0.3, -0.25) is 9.59 Å². The number of nitrogens with zero attached hydrogens (tertiary/aromatic N) is 2. The lowest BCUT2D eigenvalue weighted by Crippen LogP contribution is -2.50. The van der Waals surface area contributed by atoms with Crippen LogP contribution in [0, 0.1) is 6.07 Å². The van der Waals surface area contributed by atoms with Gasteiger partial charge in [0.1, 0.15) is 0 Å². The second kappa shape index (κ2) is 6.09. The second-order valence-electron chi connectivity index (χ2n) is 4.70. The number of carbonyl (C=O) groups excluding carboxylic acids is 2. The third-order valence-corrected chi connectivity index (χ3v) is 3.60. The number of benzene rings is 1. The topological polar surface area (TPSA) is 40.6 Å². The van der Waals surface area contributed by atoms with Crippen molar-refractivity contribution in [2.24, 2.45) is 0 Å². The van der Waals surface area contributed by atoms with Crippen LogP contribution in [0.1, 0.15) is 12.5 Å². The van der Waals surface area contributed by atoms with E-state index in [2.05, 4.69) is 12.6 Å². The van der Waals surface area contributed by atoms with Crippen molar-refractivity contribution in [1.82, 2.24) is 9.80 Å². The highest BCUT2D eigenvalue weighted by atomic mass is 35.5. The molecule has 2 rings (SSSR count). The third-order valence-electron chi connectivity index (χ3n) is 3.39. The van der Waals surface area contributed by atoms with Gasteiger partial charge >= 0.3 is 0 Å². The molecule has 0 spiro atoms. The fourth-order valence-electron chi connectivity index (χ4n) is 2.16. The average Bonchev–Trinajstić information content (AvgIpc) is 2.46. The molecule has 0 saturated carbocycles. The number of hydrogen-bond donors (Lipinski definition) is 0. The van der Waals surface area contributed by atoms with E-state index in [4.69, 9.17) is 11.6 Å². The Bertz CT molecular complexity index is 549. The lowest BCUT2D eigenvalue weighted by molar-refractivity contribution is -0.135. The maximum atomic E-state index is 12.4. The number of rotatable bonds is 2. The molecule has 0 aliphatic carbocycles. The first-order valence-corrected chi connectivity index (χ1v) is 6.78. The zero-order chi connectivity index (χ0) is 14.7. The first-order valence-electron chi connectivity index (χ1n) is 6.40. The van der Waals surface area contributed by atoms with Crippen molar-refractivity contribution in [3.8, 4) is 0 Å². The van der Waals surface area contributed by atoms with Gasteiger partial charge in [-0.15, -0.1) is 0 Å². The summed E-state index contributed by atoms with van der Waals surface area (Å²) in [6, 6.07) is 7.93. The van der Waals surface area contributed by atoms with Crippen LogP contribution in [-0.4, -0.2) is 47.8 Å². The van der Waals surface area contributed by atoms with Crippen LogP contribution < -0.4 is 0 Å². The Morgan fingerprint density at radius 3 is 2.40 bits per heavy atom. The van der Waals surface area contributed by atoms with Gasteiger partial charge in [-0.2, -0.15) is 0 Å². The van der Waals surface area contributed by atoms with Crippen molar-refractivity contribution >= 4 is 29.0 Å². The van der Waals surface area contributed by atoms with Crippen LogP contribution in [-0.2, 0) is 9.59 Å². The maximum Gasteiger partial charge on any atom is 0.253 e. The summed E-state index contributed by atoms with van der Waals surface area (Å²) >= 11 is 5.87. The Labute approximate surface area is 123 Å². The summed E-state index contributed by atoms with van der Waals surface area (Å²) in [5.41, 5.74) is 1.12. The Morgan fingerprint density at radius 2 is 1.85 bits per heavy atom. The zero-order valence-electron chi connectivity index (χ0n) is 11.4. The Balaban J connectivity index is 2.02. The minimum Gasteiger partial charge on any atom is -0.339 e. The van der Waals surface area contributed by atoms with E-state index in [0.29, 0.717) is 42.3 Å². The van der Waals surface area contributed by atoms with Gasteiger partial charge in [0.05, 0.1) is 0 Å². The summed E-state index contributed by atoms with van der Waals surface area (Å²) in [5, 5.41) is 0.456. The minimum absolute atomic E-state index is 0.0429. The van der Waals surface area contributed by atoms with E-state index >= 15 is 0 Å².